The van der Waals surface area contributed by atoms with Gasteiger partial charge in [0.15, 0.2) is 0 Å². The van der Waals surface area contributed by atoms with E-state index in [1.165, 1.54) is 36.1 Å². The fraction of sp³-hybridized carbons (Fsp3) is 1.00. The van der Waals surface area contributed by atoms with Crippen LogP contribution in [0.1, 0.15) is 25.7 Å². The maximum absolute atomic E-state index is 3.28. The van der Waals surface area contributed by atoms with Crippen molar-refractivity contribution in [1.82, 2.24) is 15.2 Å². The Morgan fingerprint density at radius 1 is 1.31 bits per heavy atom. The molecule has 1 aliphatic rings. The van der Waals surface area contributed by atoms with Crippen molar-refractivity contribution in [3.05, 3.63) is 0 Å². The molecule has 4 heteroatoms. The maximum Gasteiger partial charge on any atom is 0.0789 e. The number of hydrogen-bond donors (Lipinski definition) is 2. The summed E-state index contributed by atoms with van der Waals surface area (Å²) in [6, 6.07) is 0.885. The molecule has 0 amide bonds. The van der Waals surface area contributed by atoms with Gasteiger partial charge in [-0.15, -0.1) is 0 Å². The second-order valence-electron chi connectivity index (χ2n) is 4.01. The third-order valence-electron chi connectivity index (χ3n) is 3.12. The van der Waals surface area contributed by atoms with Gasteiger partial charge < -0.3 is 15.2 Å². The minimum atomic E-state index is 0.457. The predicted molar refractivity (Wildman–Crippen MR) is 60.8 cm³/mol. The third-order valence-corrected chi connectivity index (χ3v) is 4.21. The lowest BCUT2D eigenvalue weighted by atomic mass is 10.2. The molecule has 1 aliphatic carbocycles. The summed E-state index contributed by atoms with van der Waals surface area (Å²) in [6.07, 6.45) is 6.17. The lowest BCUT2D eigenvalue weighted by molar-refractivity contribution is 0.290. The molecule has 1 fully saturated rings. The Balaban J connectivity index is 2.25. The van der Waals surface area contributed by atoms with E-state index in [9.17, 15) is 0 Å². The standard InChI is InChI=1S/C9H23N3Si/c1-10-9(11-2)7-12(13)8-5-3-4-6-8/h8-11H,3-7H2,1-2,13H3. The van der Waals surface area contributed by atoms with Gasteiger partial charge in [-0.1, -0.05) is 12.8 Å². The molecule has 0 aromatic carbocycles. The molecule has 1 saturated carbocycles. The largest absolute Gasteiger partial charge is 0.327 e. The van der Waals surface area contributed by atoms with E-state index in [1.54, 1.807) is 0 Å². The third kappa shape index (κ3) is 3.38. The average molecular weight is 201 g/mol. The first-order chi connectivity index (χ1) is 6.27. The molecule has 0 bridgehead atoms. The van der Waals surface area contributed by atoms with Crippen LogP contribution in [0.2, 0.25) is 0 Å². The lowest BCUT2D eigenvalue weighted by Gasteiger charge is -2.28. The summed E-state index contributed by atoms with van der Waals surface area (Å²) in [6.45, 7) is 1.16. The molecule has 3 nitrogen and oxygen atoms in total. The predicted octanol–water partition coefficient (Wildman–Crippen LogP) is -0.724. The molecule has 0 aromatic rings. The monoisotopic (exact) mass is 201 g/mol. The molecular formula is C9H23N3Si. The van der Waals surface area contributed by atoms with E-state index in [0.717, 1.165) is 12.6 Å². The first kappa shape index (κ1) is 11.2. The second kappa shape index (κ2) is 5.75. The van der Waals surface area contributed by atoms with Crippen molar-refractivity contribution in [2.24, 2.45) is 0 Å². The average Bonchev–Trinajstić information content (AvgIpc) is 2.66. The topological polar surface area (TPSA) is 27.3 Å². The van der Waals surface area contributed by atoms with Crippen molar-refractivity contribution >= 4 is 10.4 Å². The summed E-state index contributed by atoms with van der Waals surface area (Å²) in [5, 5.41) is 6.55. The van der Waals surface area contributed by atoms with Crippen LogP contribution in [0.25, 0.3) is 0 Å². The van der Waals surface area contributed by atoms with Crippen LogP contribution in [0.5, 0.6) is 0 Å². The zero-order valence-corrected chi connectivity index (χ0v) is 11.1. The Morgan fingerprint density at radius 2 is 1.85 bits per heavy atom. The second-order valence-corrected chi connectivity index (χ2v) is 5.16. The van der Waals surface area contributed by atoms with Gasteiger partial charge in [-0.05, 0) is 26.9 Å². The van der Waals surface area contributed by atoms with Gasteiger partial charge in [0.25, 0.3) is 0 Å². The van der Waals surface area contributed by atoms with E-state index >= 15 is 0 Å². The first-order valence-electron chi connectivity index (χ1n) is 5.32. The number of nitrogens with zero attached hydrogens (tertiary/aromatic N) is 1. The smallest absolute Gasteiger partial charge is 0.0789 e. The number of hydrogen-bond acceptors (Lipinski definition) is 3. The fourth-order valence-electron chi connectivity index (χ4n) is 2.11. The number of rotatable bonds is 5. The van der Waals surface area contributed by atoms with Gasteiger partial charge in [0, 0.05) is 12.6 Å². The number of likely N-dealkylation sites (N-methyl/N-ethyl adjacent to an activating group) is 2. The van der Waals surface area contributed by atoms with E-state index in [4.69, 9.17) is 0 Å². The Bertz CT molecular complexity index is 133. The van der Waals surface area contributed by atoms with E-state index < -0.39 is 0 Å². The molecule has 0 unspecified atom stereocenters. The molecule has 1 rings (SSSR count). The van der Waals surface area contributed by atoms with Crippen molar-refractivity contribution in [3.8, 4) is 0 Å². The minimum Gasteiger partial charge on any atom is -0.327 e. The van der Waals surface area contributed by atoms with Gasteiger partial charge in [0.1, 0.15) is 0 Å². The lowest BCUT2D eigenvalue weighted by Crippen LogP contribution is -2.48. The molecule has 2 N–H and O–H groups in total. The normalized spacial score (nSPS) is 19.4. The van der Waals surface area contributed by atoms with Crippen molar-refractivity contribution in [2.75, 3.05) is 20.6 Å². The van der Waals surface area contributed by atoms with E-state index in [-0.39, 0.29) is 0 Å². The highest BCUT2D eigenvalue weighted by Gasteiger charge is 2.20. The summed E-state index contributed by atoms with van der Waals surface area (Å²) >= 11 is 0. The number of nitrogens with one attached hydrogen (secondary N) is 2. The Morgan fingerprint density at radius 3 is 2.31 bits per heavy atom. The van der Waals surface area contributed by atoms with Gasteiger partial charge in [0.2, 0.25) is 0 Å². The van der Waals surface area contributed by atoms with Crippen LogP contribution < -0.4 is 10.6 Å². The molecule has 0 atom stereocenters. The highest BCUT2D eigenvalue weighted by atomic mass is 28.2. The van der Waals surface area contributed by atoms with Crippen LogP contribution in [0.3, 0.4) is 0 Å². The highest BCUT2D eigenvalue weighted by molar-refractivity contribution is 6.04. The van der Waals surface area contributed by atoms with Crippen LogP contribution in [-0.2, 0) is 0 Å². The Kier molecular flexibility index (Phi) is 4.94. The summed E-state index contributed by atoms with van der Waals surface area (Å²) in [5.41, 5.74) is 0. The zero-order valence-electron chi connectivity index (χ0n) is 9.14. The first-order valence-corrected chi connectivity index (χ1v) is 6.22. The molecule has 0 spiro atoms. The molecule has 0 heterocycles. The molecule has 78 valence electrons. The summed E-state index contributed by atoms with van der Waals surface area (Å²) in [5.74, 6) is 0. The summed E-state index contributed by atoms with van der Waals surface area (Å²) < 4.78 is 2.62. The quantitative estimate of drug-likeness (QED) is 0.454. The minimum absolute atomic E-state index is 0.457. The fourth-order valence-corrected chi connectivity index (χ4v) is 2.99. The molecule has 0 saturated heterocycles. The van der Waals surface area contributed by atoms with Crippen molar-refractivity contribution in [2.45, 2.75) is 37.9 Å². The van der Waals surface area contributed by atoms with E-state index in [1.807, 2.05) is 14.1 Å². The van der Waals surface area contributed by atoms with Crippen molar-refractivity contribution < 1.29 is 0 Å². The van der Waals surface area contributed by atoms with Crippen molar-refractivity contribution in [3.63, 3.8) is 0 Å². The molecular weight excluding hydrogens is 178 g/mol. The van der Waals surface area contributed by atoms with Gasteiger partial charge >= 0.3 is 0 Å². The molecule has 13 heavy (non-hydrogen) atoms. The van der Waals surface area contributed by atoms with Gasteiger partial charge in [-0.3, -0.25) is 0 Å². The highest BCUT2D eigenvalue weighted by Crippen LogP contribution is 2.21. The van der Waals surface area contributed by atoms with Crippen LogP contribution in [0.15, 0.2) is 0 Å². The van der Waals surface area contributed by atoms with Gasteiger partial charge in [0.05, 0.1) is 16.6 Å². The van der Waals surface area contributed by atoms with Gasteiger partial charge in [-0.2, -0.15) is 0 Å². The van der Waals surface area contributed by atoms with Crippen LogP contribution in [-0.4, -0.2) is 47.8 Å². The molecule has 0 aliphatic heterocycles. The van der Waals surface area contributed by atoms with E-state index in [2.05, 4.69) is 15.2 Å². The van der Waals surface area contributed by atoms with Crippen molar-refractivity contribution in [1.29, 1.82) is 0 Å². The van der Waals surface area contributed by atoms with E-state index in [0.29, 0.717) is 6.17 Å². The Labute approximate surface area is 84.8 Å². The molecule has 0 aromatic heterocycles. The summed E-state index contributed by atoms with van der Waals surface area (Å²) in [7, 11) is 5.23. The Hall–Kier alpha value is 0.0969. The van der Waals surface area contributed by atoms with Gasteiger partial charge in [-0.25, -0.2) is 0 Å². The van der Waals surface area contributed by atoms with Crippen LogP contribution in [0.4, 0.5) is 0 Å². The van der Waals surface area contributed by atoms with Crippen LogP contribution >= 0.6 is 0 Å². The maximum atomic E-state index is 3.28. The molecule has 0 radical (unpaired) electrons. The van der Waals surface area contributed by atoms with Crippen LogP contribution in [0, 0.1) is 0 Å². The zero-order chi connectivity index (χ0) is 9.68. The SMILES string of the molecule is CNC(CN([SiH3])C1CCCC1)NC. The summed E-state index contributed by atoms with van der Waals surface area (Å²) in [4.78, 5) is 0.